The number of Topliss-reactive ketones (excluding diaryl/α,β-unsaturated/α-hetero) is 1. The van der Waals surface area contributed by atoms with Gasteiger partial charge in [0.1, 0.15) is 12.7 Å². The van der Waals surface area contributed by atoms with E-state index in [9.17, 15) is 19.2 Å². The van der Waals surface area contributed by atoms with Crippen LogP contribution >= 0.6 is 46.6 Å². The van der Waals surface area contributed by atoms with Crippen molar-refractivity contribution >= 4 is 70.4 Å². The number of likely N-dealkylation sites (tertiary alicyclic amines) is 1. The summed E-state index contributed by atoms with van der Waals surface area (Å²) < 4.78 is 15.0. The number of amides is 3. The van der Waals surface area contributed by atoms with Gasteiger partial charge in [0.2, 0.25) is 9.70 Å². The van der Waals surface area contributed by atoms with Crippen LogP contribution in [0.15, 0.2) is 0 Å². The van der Waals surface area contributed by atoms with Crippen LogP contribution in [0.4, 0.5) is 9.59 Å². The van der Waals surface area contributed by atoms with E-state index in [-0.39, 0.29) is 54.8 Å². The molecule has 1 N–H and O–H groups in total. The van der Waals surface area contributed by atoms with E-state index in [4.69, 9.17) is 49.0 Å². The Bertz CT molecular complexity index is 1180. The van der Waals surface area contributed by atoms with E-state index in [1.54, 1.807) is 7.11 Å². The Hall–Kier alpha value is -0.940. The lowest BCUT2D eigenvalue weighted by atomic mass is 9.37. The summed E-state index contributed by atoms with van der Waals surface area (Å²) in [6.07, 6.45) is 3.78. The van der Waals surface area contributed by atoms with Crippen molar-refractivity contribution in [3.8, 4) is 0 Å². The van der Waals surface area contributed by atoms with E-state index in [1.165, 1.54) is 16.7 Å². The van der Waals surface area contributed by atoms with Crippen LogP contribution in [0.25, 0.3) is 0 Å². The summed E-state index contributed by atoms with van der Waals surface area (Å²) in [5.41, 5.74) is -1.10. The molecule has 43 heavy (non-hydrogen) atoms. The van der Waals surface area contributed by atoms with Crippen LogP contribution in [0.5, 0.6) is 0 Å². The first kappa shape index (κ1) is 33.4. The van der Waals surface area contributed by atoms with Gasteiger partial charge >= 0.3 is 12.2 Å². The molecule has 0 aromatic carbocycles. The zero-order valence-corrected chi connectivity index (χ0v) is 28.8. The van der Waals surface area contributed by atoms with Crippen LogP contribution in [-0.4, -0.2) is 82.6 Å². The maximum atomic E-state index is 14.5. The highest BCUT2D eigenvalue weighted by Gasteiger charge is 2.84. The number of imide groups is 1. The van der Waals surface area contributed by atoms with Crippen molar-refractivity contribution in [2.45, 2.75) is 87.0 Å². The lowest BCUT2D eigenvalue weighted by Crippen LogP contribution is -2.68. The van der Waals surface area contributed by atoms with Gasteiger partial charge in [-0.1, -0.05) is 55.6 Å². The fourth-order valence-electron chi connectivity index (χ4n) is 9.74. The zero-order chi connectivity index (χ0) is 31.8. The number of ether oxygens (including phenoxy) is 3. The Morgan fingerprint density at radius 2 is 1.74 bits per heavy atom. The minimum absolute atomic E-state index is 0.0678. The molecule has 6 fully saturated rings. The first-order valence-corrected chi connectivity index (χ1v) is 17.5. The van der Waals surface area contributed by atoms with Gasteiger partial charge in [-0.25, -0.2) is 9.59 Å². The molecule has 1 heterocycles. The molecule has 1 spiro atoms. The van der Waals surface area contributed by atoms with Crippen LogP contribution in [0.1, 0.15) is 66.2 Å². The zero-order valence-electron chi connectivity index (χ0n) is 25.7. The number of carbonyl (C=O) groups is 4. The number of hydrogen-bond donors (Lipinski definition) is 1. The molecule has 0 radical (unpaired) electrons. The predicted octanol–water partition coefficient (Wildman–Crippen LogP) is 6.01. The third-order valence-corrected chi connectivity index (χ3v) is 13.9. The molecule has 0 aromatic heterocycles. The van der Waals surface area contributed by atoms with Gasteiger partial charge in [-0.2, -0.15) is 11.8 Å². The minimum Gasteiger partial charge on any atom is -0.445 e. The molecular formula is C30H43Cl3N2O7S. The quantitative estimate of drug-likeness (QED) is 0.351. The fourth-order valence-corrected chi connectivity index (χ4v) is 10.6. The number of nitrogens with zero attached hydrogens (tertiary/aromatic N) is 1. The smallest absolute Gasteiger partial charge is 0.414 e. The number of ketones is 1. The highest BCUT2D eigenvalue weighted by molar-refractivity contribution is 8.00. The largest absolute Gasteiger partial charge is 0.445 e. The van der Waals surface area contributed by atoms with Crippen LogP contribution in [0.3, 0.4) is 0 Å². The van der Waals surface area contributed by atoms with E-state index >= 15 is 0 Å². The highest BCUT2D eigenvalue weighted by atomic mass is 35.6. The van der Waals surface area contributed by atoms with E-state index in [1.807, 2.05) is 13.2 Å². The molecule has 6 rings (SSSR count). The van der Waals surface area contributed by atoms with Gasteiger partial charge in [-0.05, 0) is 62.5 Å². The lowest BCUT2D eigenvalue weighted by Gasteiger charge is -2.66. The first-order valence-electron chi connectivity index (χ1n) is 15.1. The normalized spacial score (nSPS) is 42.4. The number of thioether (sulfide) groups is 1. The molecule has 5 aliphatic carbocycles. The van der Waals surface area contributed by atoms with Gasteiger partial charge in [-0.3, -0.25) is 14.9 Å². The average molecular weight is 682 g/mol. The average Bonchev–Trinajstić information content (AvgIpc) is 3.44. The standard InChI is InChI=1S/C30H43Cl3N2O7S/c1-16-7-10-29-13-18-20(40-5)21(29)27(16,3)19(14-26(2,43-6)23(37)28(18,29)4)42-24(38)34-22(36)17-8-11-35(12-9-17)25(39)41-15-30(31,32)33/h16-21H,7-15H2,1-6H3,(H,34,36,38)/t16-,18?,19-,20-,21?,26-,27+,28?,29?/m1/s1. The van der Waals surface area contributed by atoms with Crippen LogP contribution in [-0.2, 0) is 23.8 Å². The number of rotatable bonds is 5. The molecule has 9 atom stereocenters. The number of alkyl carbamates (subject to hydrolysis) is 1. The second-order valence-electron chi connectivity index (χ2n) is 13.9. The van der Waals surface area contributed by atoms with E-state index in [0.29, 0.717) is 19.3 Å². The van der Waals surface area contributed by atoms with Crippen molar-refractivity contribution in [3.63, 3.8) is 0 Å². The molecular weight excluding hydrogens is 639 g/mol. The Labute approximate surface area is 273 Å². The Kier molecular flexibility index (Phi) is 8.85. The summed E-state index contributed by atoms with van der Waals surface area (Å²) in [5.74, 6) is -0.258. The lowest BCUT2D eigenvalue weighted by molar-refractivity contribution is -0.201. The third-order valence-electron chi connectivity index (χ3n) is 12.3. The van der Waals surface area contributed by atoms with E-state index in [0.717, 1.165) is 19.3 Å². The molecule has 5 bridgehead atoms. The predicted molar refractivity (Wildman–Crippen MR) is 165 cm³/mol. The molecule has 1 aliphatic heterocycles. The number of nitrogens with one attached hydrogen (secondary N) is 1. The van der Waals surface area contributed by atoms with Crippen molar-refractivity contribution < 1.29 is 33.4 Å². The van der Waals surface area contributed by atoms with Crippen LogP contribution in [0.2, 0.25) is 0 Å². The van der Waals surface area contributed by atoms with E-state index in [2.05, 4.69) is 26.1 Å². The van der Waals surface area contributed by atoms with E-state index < -0.39 is 49.5 Å². The van der Waals surface area contributed by atoms with Gasteiger partial charge in [0.05, 0.1) is 10.9 Å². The first-order chi connectivity index (χ1) is 20.0. The van der Waals surface area contributed by atoms with Crippen molar-refractivity contribution in [1.82, 2.24) is 10.2 Å². The molecule has 5 saturated carbocycles. The van der Waals surface area contributed by atoms with Gasteiger partial charge in [0.25, 0.3) is 0 Å². The van der Waals surface area contributed by atoms with Crippen LogP contribution in [0, 0.1) is 39.9 Å². The SMILES string of the molecule is CO[C@@H]1C2CC34CC[C@@H](C)[C@](C)(C13)[C@H](OC(=O)NC(=O)C1CCN(C(=O)OCC(Cl)(Cl)Cl)CC1)C[C@@](C)(SC)C(=O)C24C. The number of halogens is 3. The summed E-state index contributed by atoms with van der Waals surface area (Å²) in [7, 11) is 1.74. The fraction of sp³-hybridized carbons (Fsp3) is 0.867. The monoisotopic (exact) mass is 680 g/mol. The second kappa shape index (κ2) is 11.4. The summed E-state index contributed by atoms with van der Waals surface area (Å²) in [6.45, 7) is 8.73. The summed E-state index contributed by atoms with van der Waals surface area (Å²) in [6, 6.07) is 0. The van der Waals surface area contributed by atoms with Crippen molar-refractivity contribution in [1.29, 1.82) is 0 Å². The van der Waals surface area contributed by atoms with Crippen molar-refractivity contribution in [2.75, 3.05) is 33.1 Å². The Morgan fingerprint density at radius 1 is 1.09 bits per heavy atom. The van der Waals surface area contributed by atoms with Gasteiger partial charge in [-0.15, -0.1) is 0 Å². The van der Waals surface area contributed by atoms with Crippen molar-refractivity contribution in [3.05, 3.63) is 0 Å². The highest BCUT2D eigenvalue weighted by Crippen LogP contribution is 2.83. The minimum atomic E-state index is -1.71. The number of piperidine rings is 1. The van der Waals surface area contributed by atoms with Crippen LogP contribution < -0.4 is 5.32 Å². The molecule has 9 nitrogen and oxygen atoms in total. The van der Waals surface area contributed by atoms with Gasteiger partial charge in [0.15, 0.2) is 5.78 Å². The number of hydrogen-bond acceptors (Lipinski definition) is 8. The topological polar surface area (TPSA) is 111 Å². The molecule has 3 amide bonds. The molecule has 242 valence electrons. The third kappa shape index (κ3) is 5.08. The molecule has 0 aromatic rings. The number of carbonyl (C=O) groups excluding carboxylic acids is 4. The summed E-state index contributed by atoms with van der Waals surface area (Å²) >= 11 is 18.5. The number of alkyl halides is 3. The van der Waals surface area contributed by atoms with Gasteiger partial charge in [0, 0.05) is 49.3 Å². The Morgan fingerprint density at radius 3 is 2.33 bits per heavy atom. The molecule has 13 heteroatoms. The van der Waals surface area contributed by atoms with Gasteiger partial charge < -0.3 is 19.1 Å². The maximum Gasteiger partial charge on any atom is 0.414 e. The number of methoxy groups -OCH3 is 1. The summed E-state index contributed by atoms with van der Waals surface area (Å²) in [5, 5.41) is 2.47. The molecule has 4 unspecified atom stereocenters. The maximum absolute atomic E-state index is 14.5. The molecule has 1 saturated heterocycles. The second-order valence-corrected chi connectivity index (χ2v) is 17.8. The summed E-state index contributed by atoms with van der Waals surface area (Å²) in [4.78, 5) is 54.7. The molecule has 6 aliphatic rings. The Balaban J connectivity index is 1.30. The van der Waals surface area contributed by atoms with Crippen molar-refractivity contribution in [2.24, 2.45) is 39.9 Å².